The molecule has 148 valence electrons. The fraction of sp³-hybridized carbons (Fsp3) is 0.208. The summed E-state index contributed by atoms with van der Waals surface area (Å²) >= 11 is 0. The molecule has 0 aliphatic carbocycles. The number of rotatable bonds is 1. The third kappa shape index (κ3) is 4.18. The van der Waals surface area contributed by atoms with Crippen LogP contribution in [0.5, 0.6) is 0 Å². The third-order valence-electron chi connectivity index (χ3n) is 4.82. The van der Waals surface area contributed by atoms with Crippen molar-refractivity contribution >= 4 is 38.5 Å². The molecule has 2 aromatic carbocycles. The van der Waals surface area contributed by atoms with Crippen molar-refractivity contribution in [2.24, 2.45) is 5.41 Å². The molecular weight excluding hydrogens is 611 g/mol. The molecule has 3 heterocycles. The Bertz CT molecular complexity index is 1300. The summed E-state index contributed by atoms with van der Waals surface area (Å²) in [6, 6.07) is 20.3. The van der Waals surface area contributed by atoms with Crippen LogP contribution in [0.2, 0.25) is 0 Å². The molecule has 0 aliphatic heterocycles. The quantitative estimate of drug-likeness (QED) is 0.167. The van der Waals surface area contributed by atoms with Gasteiger partial charge >= 0.3 is 0 Å². The van der Waals surface area contributed by atoms with Gasteiger partial charge in [0.1, 0.15) is 0 Å². The van der Waals surface area contributed by atoms with E-state index in [1.807, 2.05) is 24.4 Å². The molecule has 0 atom stereocenters. The third-order valence-corrected chi connectivity index (χ3v) is 4.82. The Kier molecular flexibility index (Phi) is 7.39. The summed E-state index contributed by atoms with van der Waals surface area (Å²) in [5.41, 5.74) is 5.49. The van der Waals surface area contributed by atoms with Gasteiger partial charge in [-0.05, 0) is 41.0 Å². The number of fused-ring (bicyclic) bond motifs is 8. The molecule has 0 saturated heterocycles. The van der Waals surface area contributed by atoms with Crippen LogP contribution in [-0.2, 0) is 59.2 Å². The van der Waals surface area contributed by atoms with Crippen LogP contribution in [-0.4, -0.2) is 14.4 Å². The van der Waals surface area contributed by atoms with Crippen molar-refractivity contribution < 1.29 is 52.8 Å². The van der Waals surface area contributed by atoms with E-state index in [0.29, 0.717) is 0 Å². The van der Waals surface area contributed by atoms with Gasteiger partial charge in [-0.1, -0.05) is 38.3 Å². The number of benzene rings is 2. The molecule has 0 N–H and O–H groups in total. The SMILES string of the molecule is CC(C)(C)Cc1ccc2c(c1)c1ccc[c-]c1c1nc3cccnc3n21.[CH3-].[Ir].[Y]. The van der Waals surface area contributed by atoms with Crippen LogP contribution in [0.3, 0.4) is 0 Å². The molecule has 3 aromatic heterocycles. The van der Waals surface area contributed by atoms with E-state index in [4.69, 9.17) is 4.98 Å². The van der Waals surface area contributed by atoms with E-state index in [0.717, 1.165) is 34.1 Å². The first-order valence-corrected chi connectivity index (χ1v) is 8.99. The first-order valence-electron chi connectivity index (χ1n) is 8.99. The van der Waals surface area contributed by atoms with Crippen LogP contribution < -0.4 is 0 Å². The average Bonchev–Trinajstić information content (AvgIpc) is 3.00. The number of hydrogen-bond donors (Lipinski definition) is 0. The van der Waals surface area contributed by atoms with Crippen LogP contribution >= 0.6 is 0 Å². The zero-order valence-electron chi connectivity index (χ0n) is 17.2. The summed E-state index contributed by atoms with van der Waals surface area (Å²) in [5, 5.41) is 3.48. The molecule has 0 amide bonds. The smallest absolute Gasteiger partial charge is 0.155 e. The van der Waals surface area contributed by atoms with Crippen LogP contribution in [0, 0.1) is 18.9 Å². The van der Waals surface area contributed by atoms with E-state index >= 15 is 0 Å². The van der Waals surface area contributed by atoms with E-state index in [2.05, 4.69) is 66.6 Å². The van der Waals surface area contributed by atoms with Gasteiger partial charge in [-0.3, -0.25) is 4.98 Å². The molecular formula is C24H23IrN3Y-2. The normalized spacial score (nSPS) is 11.3. The minimum absolute atomic E-state index is 0. The van der Waals surface area contributed by atoms with Crippen molar-refractivity contribution in [3.63, 3.8) is 0 Å². The maximum atomic E-state index is 4.84. The number of imidazole rings is 1. The summed E-state index contributed by atoms with van der Waals surface area (Å²) in [4.78, 5) is 9.44. The topological polar surface area (TPSA) is 30.2 Å². The van der Waals surface area contributed by atoms with Crippen LogP contribution in [0.1, 0.15) is 26.3 Å². The van der Waals surface area contributed by atoms with Gasteiger partial charge in [0.05, 0.1) is 11.2 Å². The monoisotopic (exact) mass is 635 g/mol. The van der Waals surface area contributed by atoms with E-state index in [1.54, 1.807) is 0 Å². The standard InChI is InChI=1S/C23H20N3.CH3.Ir.Y/c1-23(2,3)14-15-10-11-20-18(13-15)16-7-4-5-8-17(16)21-25-19-9-6-12-24-22(19)26(20)21;;;/h4-7,9-13H,14H2,1-3H3;1H3;;/q2*-1;;. The number of nitrogens with zero attached hydrogens (tertiary/aromatic N) is 3. The van der Waals surface area contributed by atoms with Gasteiger partial charge in [-0.25, -0.2) is 4.98 Å². The minimum Gasteiger partial charge on any atom is -0.358 e. The van der Waals surface area contributed by atoms with Gasteiger partial charge < -0.3 is 11.8 Å². The fourth-order valence-corrected chi connectivity index (χ4v) is 3.87. The van der Waals surface area contributed by atoms with Crippen LogP contribution in [0.4, 0.5) is 0 Å². The molecule has 0 bridgehead atoms. The maximum absolute atomic E-state index is 4.84. The van der Waals surface area contributed by atoms with Gasteiger partial charge in [0, 0.05) is 64.5 Å². The predicted octanol–water partition coefficient (Wildman–Crippen LogP) is 6.02. The summed E-state index contributed by atoms with van der Waals surface area (Å²) in [5.74, 6) is 0. The number of pyridine rings is 2. The molecule has 0 fully saturated rings. The Morgan fingerprint density at radius 2 is 1.79 bits per heavy atom. The summed E-state index contributed by atoms with van der Waals surface area (Å²) < 4.78 is 2.17. The molecule has 0 spiro atoms. The van der Waals surface area contributed by atoms with Crippen molar-refractivity contribution in [2.75, 3.05) is 0 Å². The summed E-state index contributed by atoms with van der Waals surface area (Å²) in [6.45, 7) is 6.83. The first-order chi connectivity index (χ1) is 12.5. The Balaban J connectivity index is 0.000001000. The molecule has 3 nitrogen and oxygen atoms in total. The Hall–Kier alpha value is -1.19. The van der Waals surface area contributed by atoms with Crippen LogP contribution in [0.15, 0.2) is 54.7 Å². The van der Waals surface area contributed by atoms with Gasteiger partial charge in [0.15, 0.2) is 5.65 Å². The van der Waals surface area contributed by atoms with Gasteiger partial charge in [0.2, 0.25) is 0 Å². The summed E-state index contributed by atoms with van der Waals surface area (Å²) in [7, 11) is 0. The minimum atomic E-state index is 0. The molecule has 2 radical (unpaired) electrons. The second-order valence-corrected chi connectivity index (χ2v) is 8.16. The van der Waals surface area contributed by atoms with Gasteiger partial charge in [-0.15, -0.1) is 29.7 Å². The van der Waals surface area contributed by atoms with E-state index in [9.17, 15) is 0 Å². The number of hydrogen-bond acceptors (Lipinski definition) is 2. The Morgan fingerprint density at radius 1 is 1.00 bits per heavy atom. The zero-order chi connectivity index (χ0) is 17.9. The predicted molar refractivity (Wildman–Crippen MR) is 114 cm³/mol. The van der Waals surface area contributed by atoms with Crippen molar-refractivity contribution in [3.05, 3.63) is 73.8 Å². The average molecular weight is 635 g/mol. The van der Waals surface area contributed by atoms with E-state index < -0.39 is 0 Å². The molecule has 0 saturated carbocycles. The zero-order valence-corrected chi connectivity index (χ0v) is 22.4. The maximum Gasteiger partial charge on any atom is 0.155 e. The Morgan fingerprint density at radius 3 is 2.55 bits per heavy atom. The molecule has 0 unspecified atom stereocenters. The molecule has 29 heavy (non-hydrogen) atoms. The van der Waals surface area contributed by atoms with Crippen LogP contribution in [0.25, 0.3) is 38.5 Å². The van der Waals surface area contributed by atoms with Crippen molar-refractivity contribution in [3.8, 4) is 0 Å². The fourth-order valence-electron chi connectivity index (χ4n) is 3.87. The molecule has 5 aromatic rings. The van der Waals surface area contributed by atoms with Crippen molar-refractivity contribution in [2.45, 2.75) is 27.2 Å². The summed E-state index contributed by atoms with van der Waals surface area (Å²) in [6.07, 6.45) is 2.87. The van der Waals surface area contributed by atoms with E-state index in [-0.39, 0.29) is 65.7 Å². The largest absolute Gasteiger partial charge is 0.358 e. The van der Waals surface area contributed by atoms with Crippen molar-refractivity contribution in [1.29, 1.82) is 0 Å². The van der Waals surface area contributed by atoms with Gasteiger partial charge in [-0.2, -0.15) is 0 Å². The van der Waals surface area contributed by atoms with E-state index in [1.165, 1.54) is 16.3 Å². The Labute approximate surface area is 210 Å². The van der Waals surface area contributed by atoms with Gasteiger partial charge in [0.25, 0.3) is 0 Å². The van der Waals surface area contributed by atoms with Crippen molar-refractivity contribution in [1.82, 2.24) is 14.4 Å². The number of aromatic nitrogens is 3. The molecule has 0 aliphatic rings. The first kappa shape index (κ1) is 24.1. The second-order valence-electron chi connectivity index (χ2n) is 8.16. The second kappa shape index (κ2) is 8.90. The molecule has 5 heteroatoms. The molecule has 5 rings (SSSR count).